The van der Waals surface area contributed by atoms with Crippen LogP contribution in [0, 0.1) is 0 Å². The van der Waals surface area contributed by atoms with Gasteiger partial charge < -0.3 is 15.4 Å². The van der Waals surface area contributed by atoms with E-state index in [2.05, 4.69) is 10.6 Å². The fourth-order valence-electron chi connectivity index (χ4n) is 2.13. The first-order chi connectivity index (χ1) is 10.6. The van der Waals surface area contributed by atoms with Crippen molar-refractivity contribution in [1.82, 2.24) is 10.6 Å². The number of benzene rings is 1. The van der Waals surface area contributed by atoms with E-state index in [1.54, 1.807) is 6.92 Å². The van der Waals surface area contributed by atoms with Gasteiger partial charge in [0.05, 0.1) is 12.6 Å². The van der Waals surface area contributed by atoms with Crippen LogP contribution in [0.4, 0.5) is 4.79 Å². The standard InChI is InChI=1S/C17H26N2O3/c1-4-6-12-15(19-17(21)22-5-2)16(20)18-13(3)14-10-8-7-9-11-14/h7-11,13,15H,4-6,12H2,1-3H3,(H,18,20)(H,19,21)/t13-,15+/m0/s1. The molecule has 2 amide bonds. The number of ether oxygens (including phenoxy) is 1. The number of carbonyl (C=O) groups is 2. The molecule has 0 saturated heterocycles. The van der Waals surface area contributed by atoms with Crippen LogP contribution < -0.4 is 10.6 Å². The van der Waals surface area contributed by atoms with Crippen molar-refractivity contribution in [2.24, 2.45) is 0 Å². The molecule has 0 aromatic heterocycles. The predicted octanol–water partition coefficient (Wildman–Crippen LogP) is 3.17. The van der Waals surface area contributed by atoms with E-state index in [0.717, 1.165) is 18.4 Å². The van der Waals surface area contributed by atoms with E-state index >= 15 is 0 Å². The van der Waals surface area contributed by atoms with Gasteiger partial charge in [-0.15, -0.1) is 0 Å². The van der Waals surface area contributed by atoms with Gasteiger partial charge in [-0.05, 0) is 25.8 Å². The Hall–Kier alpha value is -2.04. The van der Waals surface area contributed by atoms with Gasteiger partial charge in [-0.25, -0.2) is 4.79 Å². The largest absolute Gasteiger partial charge is 0.450 e. The second-order valence-electron chi connectivity index (χ2n) is 5.20. The van der Waals surface area contributed by atoms with Gasteiger partial charge in [-0.2, -0.15) is 0 Å². The Labute approximate surface area is 132 Å². The first-order valence-corrected chi connectivity index (χ1v) is 7.87. The molecule has 122 valence electrons. The second kappa shape index (κ2) is 9.82. The van der Waals surface area contributed by atoms with Crippen molar-refractivity contribution in [3.05, 3.63) is 35.9 Å². The Morgan fingerprint density at radius 1 is 1.14 bits per heavy atom. The molecule has 0 bridgehead atoms. The molecule has 2 atom stereocenters. The number of rotatable bonds is 8. The third-order valence-corrected chi connectivity index (χ3v) is 3.39. The number of hydrogen-bond acceptors (Lipinski definition) is 3. The minimum Gasteiger partial charge on any atom is -0.450 e. The Balaban J connectivity index is 2.64. The van der Waals surface area contributed by atoms with Crippen LogP contribution in [0.15, 0.2) is 30.3 Å². The molecule has 0 aliphatic heterocycles. The minimum atomic E-state index is -0.565. The van der Waals surface area contributed by atoms with Crippen molar-refractivity contribution in [2.75, 3.05) is 6.61 Å². The lowest BCUT2D eigenvalue weighted by atomic mass is 10.1. The highest BCUT2D eigenvalue weighted by molar-refractivity contribution is 5.85. The van der Waals surface area contributed by atoms with Crippen LogP contribution in [0.2, 0.25) is 0 Å². The number of hydrogen-bond donors (Lipinski definition) is 2. The van der Waals surface area contributed by atoms with Crippen LogP contribution in [0.25, 0.3) is 0 Å². The van der Waals surface area contributed by atoms with Crippen molar-refractivity contribution >= 4 is 12.0 Å². The summed E-state index contributed by atoms with van der Waals surface area (Å²) < 4.78 is 4.86. The monoisotopic (exact) mass is 306 g/mol. The molecule has 2 N–H and O–H groups in total. The summed E-state index contributed by atoms with van der Waals surface area (Å²) >= 11 is 0. The maximum absolute atomic E-state index is 12.4. The van der Waals surface area contributed by atoms with E-state index in [0.29, 0.717) is 6.42 Å². The molecule has 5 nitrogen and oxygen atoms in total. The van der Waals surface area contributed by atoms with E-state index < -0.39 is 12.1 Å². The summed E-state index contributed by atoms with van der Waals surface area (Å²) in [6.07, 6.45) is 1.88. The molecule has 0 unspecified atom stereocenters. The highest BCUT2D eigenvalue weighted by Gasteiger charge is 2.22. The summed E-state index contributed by atoms with van der Waals surface area (Å²) in [5, 5.41) is 5.58. The molecule has 0 heterocycles. The van der Waals surface area contributed by atoms with Crippen molar-refractivity contribution in [3.8, 4) is 0 Å². The molecule has 22 heavy (non-hydrogen) atoms. The quantitative estimate of drug-likeness (QED) is 0.775. The van der Waals surface area contributed by atoms with E-state index in [9.17, 15) is 9.59 Å². The Morgan fingerprint density at radius 2 is 1.82 bits per heavy atom. The third kappa shape index (κ3) is 6.16. The van der Waals surface area contributed by atoms with Crippen LogP contribution in [-0.4, -0.2) is 24.6 Å². The van der Waals surface area contributed by atoms with Crippen LogP contribution >= 0.6 is 0 Å². The third-order valence-electron chi connectivity index (χ3n) is 3.39. The lowest BCUT2D eigenvalue weighted by Gasteiger charge is -2.21. The number of carbonyl (C=O) groups excluding carboxylic acids is 2. The van der Waals surface area contributed by atoms with Gasteiger partial charge in [0.1, 0.15) is 6.04 Å². The Morgan fingerprint density at radius 3 is 2.41 bits per heavy atom. The van der Waals surface area contributed by atoms with Gasteiger partial charge in [0.2, 0.25) is 5.91 Å². The highest BCUT2D eigenvalue weighted by atomic mass is 16.5. The molecule has 0 spiro atoms. The van der Waals surface area contributed by atoms with Gasteiger partial charge in [-0.1, -0.05) is 50.1 Å². The summed E-state index contributed by atoms with van der Waals surface area (Å²) in [5.41, 5.74) is 1.03. The summed E-state index contributed by atoms with van der Waals surface area (Å²) in [7, 11) is 0. The number of unbranched alkanes of at least 4 members (excludes halogenated alkanes) is 1. The summed E-state index contributed by atoms with van der Waals surface area (Å²) in [6, 6.07) is 9.05. The zero-order valence-corrected chi connectivity index (χ0v) is 13.6. The molecule has 5 heteroatoms. The zero-order valence-electron chi connectivity index (χ0n) is 13.6. The molecule has 0 aliphatic carbocycles. The lowest BCUT2D eigenvalue weighted by molar-refractivity contribution is -0.123. The second-order valence-corrected chi connectivity index (χ2v) is 5.20. The molecule has 0 aliphatic rings. The molecule has 0 saturated carbocycles. The van der Waals surface area contributed by atoms with Crippen molar-refractivity contribution in [2.45, 2.75) is 52.1 Å². The molecule has 1 aromatic rings. The molecule has 0 fully saturated rings. The lowest BCUT2D eigenvalue weighted by Crippen LogP contribution is -2.47. The number of alkyl carbamates (subject to hydrolysis) is 1. The normalized spacial score (nSPS) is 13.0. The average molecular weight is 306 g/mol. The van der Waals surface area contributed by atoms with Crippen molar-refractivity contribution in [3.63, 3.8) is 0 Å². The van der Waals surface area contributed by atoms with E-state index in [1.807, 2.05) is 44.2 Å². The van der Waals surface area contributed by atoms with Crippen LogP contribution in [0.3, 0.4) is 0 Å². The maximum Gasteiger partial charge on any atom is 0.407 e. The fraction of sp³-hybridized carbons (Fsp3) is 0.529. The molecule has 1 rings (SSSR count). The molecular weight excluding hydrogens is 280 g/mol. The van der Waals surface area contributed by atoms with Crippen LogP contribution in [0.5, 0.6) is 0 Å². The van der Waals surface area contributed by atoms with Gasteiger partial charge in [0, 0.05) is 0 Å². The van der Waals surface area contributed by atoms with Crippen molar-refractivity contribution in [1.29, 1.82) is 0 Å². The Kier molecular flexibility index (Phi) is 8.04. The first kappa shape index (κ1) is 18.0. The van der Waals surface area contributed by atoms with Gasteiger partial charge in [-0.3, -0.25) is 4.79 Å². The maximum atomic E-state index is 12.4. The van der Waals surface area contributed by atoms with Gasteiger partial charge in [0.15, 0.2) is 0 Å². The SMILES string of the molecule is CCCC[C@@H](NC(=O)OCC)C(=O)N[C@@H](C)c1ccccc1. The highest BCUT2D eigenvalue weighted by Crippen LogP contribution is 2.12. The Bertz CT molecular complexity index is 462. The van der Waals surface area contributed by atoms with Crippen molar-refractivity contribution < 1.29 is 14.3 Å². The first-order valence-electron chi connectivity index (χ1n) is 7.87. The van der Waals surface area contributed by atoms with E-state index in [4.69, 9.17) is 4.74 Å². The summed E-state index contributed by atoms with van der Waals surface area (Å²) in [4.78, 5) is 24.0. The molecular formula is C17H26N2O3. The predicted molar refractivity (Wildman–Crippen MR) is 86.5 cm³/mol. The van der Waals surface area contributed by atoms with Gasteiger partial charge in [0.25, 0.3) is 0 Å². The van der Waals surface area contributed by atoms with E-state index in [1.165, 1.54) is 0 Å². The van der Waals surface area contributed by atoms with Crippen LogP contribution in [0.1, 0.15) is 51.6 Å². The van der Waals surface area contributed by atoms with Gasteiger partial charge >= 0.3 is 6.09 Å². The zero-order chi connectivity index (χ0) is 16.4. The fourth-order valence-corrected chi connectivity index (χ4v) is 2.13. The topological polar surface area (TPSA) is 67.4 Å². The summed E-state index contributed by atoms with van der Waals surface area (Å²) in [5.74, 6) is -0.183. The van der Waals surface area contributed by atoms with E-state index in [-0.39, 0.29) is 18.6 Å². The summed E-state index contributed by atoms with van der Waals surface area (Å²) in [6.45, 7) is 5.99. The molecule has 1 aromatic carbocycles. The smallest absolute Gasteiger partial charge is 0.407 e. The number of amides is 2. The number of nitrogens with one attached hydrogen (secondary N) is 2. The molecule has 0 radical (unpaired) electrons. The minimum absolute atomic E-state index is 0.109. The van der Waals surface area contributed by atoms with Crippen LogP contribution in [-0.2, 0) is 9.53 Å². The average Bonchev–Trinajstić information content (AvgIpc) is 2.52.